The van der Waals surface area contributed by atoms with Gasteiger partial charge in [0, 0.05) is 23.0 Å². The second-order valence-electron chi connectivity index (χ2n) is 5.43. The summed E-state index contributed by atoms with van der Waals surface area (Å²) in [6.45, 7) is 0.882. The van der Waals surface area contributed by atoms with Crippen LogP contribution in [0.15, 0.2) is 18.2 Å². The van der Waals surface area contributed by atoms with Gasteiger partial charge in [-0.2, -0.15) is 0 Å². The second kappa shape index (κ2) is 5.81. The van der Waals surface area contributed by atoms with Crippen LogP contribution in [0.3, 0.4) is 0 Å². The Balaban J connectivity index is 2.04. The van der Waals surface area contributed by atoms with Crippen LogP contribution in [0.1, 0.15) is 25.1 Å². The summed E-state index contributed by atoms with van der Waals surface area (Å²) in [7, 11) is 1.82. The number of halogens is 2. The van der Waals surface area contributed by atoms with Crippen LogP contribution in [-0.2, 0) is 17.7 Å². The van der Waals surface area contributed by atoms with Crippen LogP contribution in [0.2, 0.25) is 0 Å². The third kappa shape index (κ3) is 2.57. The van der Waals surface area contributed by atoms with E-state index >= 15 is 0 Å². The molecule has 0 bridgehead atoms. The number of rotatable bonds is 5. The highest BCUT2D eigenvalue weighted by Gasteiger charge is 2.38. The van der Waals surface area contributed by atoms with Crippen LogP contribution >= 0.6 is 34.2 Å². The van der Waals surface area contributed by atoms with Gasteiger partial charge in [-0.3, -0.25) is 0 Å². The molecule has 1 aliphatic rings. The SMILES string of the molecule is COC1(Cn2c(CCCl)nc3cc(I)ccc32)CCC1. The Morgan fingerprint density at radius 2 is 2.25 bits per heavy atom. The highest BCUT2D eigenvalue weighted by molar-refractivity contribution is 14.1. The third-order valence-corrected chi connectivity index (χ3v) is 5.11. The van der Waals surface area contributed by atoms with Crippen molar-refractivity contribution in [2.75, 3.05) is 13.0 Å². The minimum absolute atomic E-state index is 0.00229. The lowest BCUT2D eigenvalue weighted by atomic mass is 9.80. The van der Waals surface area contributed by atoms with E-state index in [0.717, 1.165) is 37.1 Å². The molecule has 0 saturated heterocycles. The van der Waals surface area contributed by atoms with Crippen LogP contribution in [0.4, 0.5) is 0 Å². The maximum absolute atomic E-state index is 5.93. The zero-order chi connectivity index (χ0) is 14.2. The van der Waals surface area contributed by atoms with E-state index in [1.165, 1.54) is 15.5 Å². The topological polar surface area (TPSA) is 27.1 Å². The van der Waals surface area contributed by atoms with Gasteiger partial charge in [0.25, 0.3) is 0 Å². The molecule has 0 atom stereocenters. The lowest BCUT2D eigenvalue weighted by Crippen LogP contribution is -2.43. The van der Waals surface area contributed by atoms with E-state index in [1.807, 2.05) is 7.11 Å². The predicted molar refractivity (Wildman–Crippen MR) is 90.5 cm³/mol. The quantitative estimate of drug-likeness (QED) is 0.556. The average Bonchev–Trinajstić information content (AvgIpc) is 2.71. The molecule has 1 aliphatic carbocycles. The Morgan fingerprint density at radius 1 is 1.45 bits per heavy atom. The molecule has 108 valence electrons. The van der Waals surface area contributed by atoms with Gasteiger partial charge in [0.15, 0.2) is 0 Å². The zero-order valence-electron chi connectivity index (χ0n) is 11.5. The smallest absolute Gasteiger partial charge is 0.111 e. The van der Waals surface area contributed by atoms with Crippen molar-refractivity contribution in [3.63, 3.8) is 0 Å². The number of aryl methyl sites for hydroxylation is 1. The molecule has 1 aromatic carbocycles. The molecule has 0 radical (unpaired) electrons. The summed E-state index contributed by atoms with van der Waals surface area (Å²) in [5.41, 5.74) is 2.24. The van der Waals surface area contributed by atoms with Crippen molar-refractivity contribution >= 4 is 45.2 Å². The number of nitrogens with zero attached hydrogens (tertiary/aromatic N) is 2. The van der Waals surface area contributed by atoms with Crippen LogP contribution in [-0.4, -0.2) is 28.1 Å². The van der Waals surface area contributed by atoms with Crippen LogP contribution in [0.25, 0.3) is 11.0 Å². The maximum atomic E-state index is 5.93. The van der Waals surface area contributed by atoms with Crippen molar-refractivity contribution in [1.82, 2.24) is 9.55 Å². The Morgan fingerprint density at radius 3 is 2.85 bits per heavy atom. The number of aromatic nitrogens is 2. The molecule has 1 heterocycles. The zero-order valence-corrected chi connectivity index (χ0v) is 14.4. The van der Waals surface area contributed by atoms with Gasteiger partial charge in [-0.15, -0.1) is 11.6 Å². The van der Waals surface area contributed by atoms with Crippen LogP contribution < -0.4 is 0 Å². The van der Waals surface area contributed by atoms with Gasteiger partial charge in [0.05, 0.1) is 23.2 Å². The van der Waals surface area contributed by atoms with Gasteiger partial charge in [-0.25, -0.2) is 4.98 Å². The molecular formula is C15H18ClIN2O. The summed E-state index contributed by atoms with van der Waals surface area (Å²) in [6.07, 6.45) is 4.32. The minimum atomic E-state index is -0.00229. The maximum Gasteiger partial charge on any atom is 0.111 e. The molecule has 2 aromatic rings. The van der Waals surface area contributed by atoms with Crippen LogP contribution in [0, 0.1) is 3.57 Å². The summed E-state index contributed by atoms with van der Waals surface area (Å²) < 4.78 is 9.28. The number of methoxy groups -OCH3 is 1. The van der Waals surface area contributed by atoms with E-state index in [2.05, 4.69) is 45.4 Å². The first-order chi connectivity index (χ1) is 9.67. The molecule has 3 nitrogen and oxygen atoms in total. The standard InChI is InChI=1S/C15H18ClIN2O/c1-20-15(6-2-7-15)10-19-13-4-3-11(17)9-12(13)18-14(19)5-8-16/h3-4,9H,2,5-8,10H2,1H3. The molecule has 0 N–H and O–H groups in total. The normalized spacial score (nSPS) is 17.4. The number of benzene rings is 1. The molecule has 20 heavy (non-hydrogen) atoms. The van der Waals surface area contributed by atoms with E-state index in [4.69, 9.17) is 21.3 Å². The van der Waals surface area contributed by atoms with Gasteiger partial charge in [-0.1, -0.05) is 0 Å². The molecule has 0 spiro atoms. The summed E-state index contributed by atoms with van der Waals surface area (Å²) >= 11 is 8.26. The van der Waals surface area contributed by atoms with Crippen molar-refractivity contribution in [3.05, 3.63) is 27.6 Å². The lowest BCUT2D eigenvalue weighted by molar-refractivity contribution is -0.0832. The summed E-state index contributed by atoms with van der Waals surface area (Å²) in [4.78, 5) is 4.76. The van der Waals surface area contributed by atoms with E-state index in [9.17, 15) is 0 Å². The van der Waals surface area contributed by atoms with Gasteiger partial charge in [0.2, 0.25) is 0 Å². The second-order valence-corrected chi connectivity index (χ2v) is 7.05. The van der Waals surface area contributed by atoms with Crippen LogP contribution in [0.5, 0.6) is 0 Å². The Kier molecular flexibility index (Phi) is 4.24. The number of hydrogen-bond acceptors (Lipinski definition) is 2. The van der Waals surface area contributed by atoms with Crippen molar-refractivity contribution in [3.8, 4) is 0 Å². The highest BCUT2D eigenvalue weighted by Crippen LogP contribution is 2.37. The Labute approximate surface area is 137 Å². The molecule has 0 amide bonds. The van der Waals surface area contributed by atoms with Crippen molar-refractivity contribution in [1.29, 1.82) is 0 Å². The largest absolute Gasteiger partial charge is 0.376 e. The highest BCUT2D eigenvalue weighted by atomic mass is 127. The molecule has 1 aromatic heterocycles. The monoisotopic (exact) mass is 404 g/mol. The molecule has 1 fully saturated rings. The van der Waals surface area contributed by atoms with Crippen molar-refractivity contribution in [2.24, 2.45) is 0 Å². The average molecular weight is 405 g/mol. The predicted octanol–water partition coefficient (Wildman–Crippen LogP) is 3.99. The first-order valence-electron chi connectivity index (χ1n) is 6.93. The fraction of sp³-hybridized carbons (Fsp3) is 0.533. The number of alkyl halides is 1. The van der Waals surface area contributed by atoms with E-state index in [-0.39, 0.29) is 5.60 Å². The van der Waals surface area contributed by atoms with E-state index < -0.39 is 0 Å². The van der Waals surface area contributed by atoms with E-state index in [0.29, 0.717) is 5.88 Å². The fourth-order valence-electron chi connectivity index (χ4n) is 2.89. The third-order valence-electron chi connectivity index (χ3n) is 4.25. The molecule has 0 aliphatic heterocycles. The first-order valence-corrected chi connectivity index (χ1v) is 8.54. The number of imidazole rings is 1. The number of fused-ring (bicyclic) bond motifs is 1. The Bertz CT molecular complexity index is 616. The first kappa shape index (κ1) is 14.6. The molecule has 1 saturated carbocycles. The van der Waals surface area contributed by atoms with Gasteiger partial charge < -0.3 is 9.30 Å². The molecular weight excluding hydrogens is 387 g/mol. The Hall–Kier alpha value is -0.330. The van der Waals surface area contributed by atoms with Crippen molar-refractivity contribution < 1.29 is 4.74 Å². The number of hydrogen-bond donors (Lipinski definition) is 0. The van der Waals surface area contributed by atoms with E-state index in [1.54, 1.807) is 0 Å². The number of ether oxygens (including phenoxy) is 1. The van der Waals surface area contributed by atoms with Gasteiger partial charge in [-0.05, 0) is 60.1 Å². The molecule has 0 unspecified atom stereocenters. The van der Waals surface area contributed by atoms with Crippen molar-refractivity contribution in [2.45, 2.75) is 37.8 Å². The minimum Gasteiger partial charge on any atom is -0.376 e. The molecule has 3 rings (SSSR count). The molecule has 5 heteroatoms. The summed E-state index contributed by atoms with van der Waals surface area (Å²) in [5.74, 6) is 1.67. The van der Waals surface area contributed by atoms with Gasteiger partial charge >= 0.3 is 0 Å². The fourth-order valence-corrected chi connectivity index (χ4v) is 3.53. The lowest BCUT2D eigenvalue weighted by Gasteiger charge is -2.41. The summed E-state index contributed by atoms with van der Waals surface area (Å²) in [5, 5.41) is 0. The summed E-state index contributed by atoms with van der Waals surface area (Å²) in [6, 6.07) is 6.42. The van der Waals surface area contributed by atoms with Gasteiger partial charge in [0.1, 0.15) is 5.82 Å².